The predicted octanol–water partition coefficient (Wildman–Crippen LogP) is 1.44. The summed E-state index contributed by atoms with van der Waals surface area (Å²) in [6, 6.07) is 0. The van der Waals surface area contributed by atoms with Crippen LogP contribution >= 0.6 is 0 Å². The second-order valence-corrected chi connectivity index (χ2v) is 4.93. The van der Waals surface area contributed by atoms with Crippen molar-refractivity contribution in [2.45, 2.75) is 45.8 Å². The lowest BCUT2D eigenvalue weighted by molar-refractivity contribution is -0.128. The maximum Gasteiger partial charge on any atom is 0.410 e. The molecule has 15 heavy (non-hydrogen) atoms. The van der Waals surface area contributed by atoms with E-state index in [1.54, 1.807) is 20.8 Å². The Bertz CT molecular complexity index is 266. The molecule has 0 spiro atoms. The molecule has 0 atom stereocenters. The quantitative estimate of drug-likeness (QED) is 0.699. The van der Waals surface area contributed by atoms with Crippen LogP contribution in [-0.4, -0.2) is 35.1 Å². The van der Waals surface area contributed by atoms with Crippen LogP contribution in [0.25, 0.3) is 0 Å². The molecule has 1 N–H and O–H groups in total. The Morgan fingerprint density at radius 1 is 1.13 bits per heavy atom. The molecule has 0 saturated carbocycles. The van der Waals surface area contributed by atoms with Crippen molar-refractivity contribution in [1.29, 1.82) is 0 Å². The van der Waals surface area contributed by atoms with Crippen LogP contribution < -0.4 is 5.73 Å². The van der Waals surface area contributed by atoms with E-state index in [4.69, 9.17) is 10.5 Å². The highest BCUT2D eigenvalue weighted by molar-refractivity contribution is 5.87. The van der Waals surface area contributed by atoms with Gasteiger partial charge in [0.1, 0.15) is 11.1 Å². The van der Waals surface area contributed by atoms with E-state index in [9.17, 15) is 9.59 Å². The first-order chi connectivity index (χ1) is 6.48. The van der Waals surface area contributed by atoms with Gasteiger partial charge in [-0.25, -0.2) is 4.79 Å². The highest BCUT2D eigenvalue weighted by atomic mass is 16.6. The SMILES string of the molecule is CN(C(=O)OC(C)(C)C)C(C)(C)C([NH])=O. The van der Waals surface area contributed by atoms with Crippen LogP contribution in [-0.2, 0) is 9.53 Å². The zero-order valence-electron chi connectivity index (χ0n) is 10.2. The first-order valence-electron chi connectivity index (χ1n) is 4.71. The number of rotatable bonds is 2. The van der Waals surface area contributed by atoms with Gasteiger partial charge in [-0.3, -0.25) is 15.4 Å². The molecule has 2 amide bonds. The van der Waals surface area contributed by atoms with Gasteiger partial charge in [-0.2, -0.15) is 0 Å². The maximum absolute atomic E-state index is 11.6. The summed E-state index contributed by atoms with van der Waals surface area (Å²) < 4.78 is 5.09. The van der Waals surface area contributed by atoms with Gasteiger partial charge in [0.05, 0.1) is 0 Å². The molecule has 0 bridgehead atoms. The van der Waals surface area contributed by atoms with Crippen molar-refractivity contribution in [2.75, 3.05) is 7.05 Å². The van der Waals surface area contributed by atoms with E-state index in [0.29, 0.717) is 0 Å². The second kappa shape index (κ2) is 4.08. The Morgan fingerprint density at radius 3 is 1.80 bits per heavy atom. The minimum absolute atomic E-state index is 0.604. The fourth-order valence-corrected chi connectivity index (χ4v) is 0.711. The molecule has 0 aromatic rings. The molecule has 0 saturated heterocycles. The van der Waals surface area contributed by atoms with Crippen molar-refractivity contribution in [3.63, 3.8) is 0 Å². The smallest absolute Gasteiger partial charge is 0.410 e. The zero-order valence-corrected chi connectivity index (χ0v) is 10.2. The van der Waals surface area contributed by atoms with Crippen molar-refractivity contribution in [3.05, 3.63) is 0 Å². The van der Waals surface area contributed by atoms with Gasteiger partial charge < -0.3 is 4.74 Å². The molecule has 0 unspecified atom stereocenters. The lowest BCUT2D eigenvalue weighted by Crippen LogP contribution is -2.52. The third kappa shape index (κ3) is 3.77. The van der Waals surface area contributed by atoms with Gasteiger partial charge >= 0.3 is 6.09 Å². The predicted molar refractivity (Wildman–Crippen MR) is 56.2 cm³/mol. The van der Waals surface area contributed by atoms with Crippen LogP contribution in [0.5, 0.6) is 0 Å². The number of ether oxygens (including phenoxy) is 1. The van der Waals surface area contributed by atoms with E-state index in [-0.39, 0.29) is 0 Å². The highest BCUT2D eigenvalue weighted by Crippen LogP contribution is 2.16. The first-order valence-corrected chi connectivity index (χ1v) is 4.71. The molecule has 1 radical (unpaired) electrons. The largest absolute Gasteiger partial charge is 0.444 e. The highest BCUT2D eigenvalue weighted by Gasteiger charge is 2.36. The monoisotopic (exact) mass is 215 g/mol. The number of hydrogen-bond donors (Lipinski definition) is 0. The van der Waals surface area contributed by atoms with E-state index in [1.165, 1.54) is 20.9 Å². The summed E-state index contributed by atoms with van der Waals surface area (Å²) in [6.45, 7) is 8.25. The van der Waals surface area contributed by atoms with Gasteiger partial charge in [0.2, 0.25) is 0 Å². The summed E-state index contributed by atoms with van der Waals surface area (Å²) in [5.74, 6) is -0.823. The fraction of sp³-hybridized carbons (Fsp3) is 0.800. The van der Waals surface area contributed by atoms with E-state index in [2.05, 4.69) is 0 Å². The lowest BCUT2D eigenvalue weighted by atomic mass is 10.0. The number of likely N-dealkylation sites (N-methyl/N-ethyl adjacent to an activating group) is 1. The molecular weight excluding hydrogens is 196 g/mol. The number of carbonyl (C=O) groups excluding carboxylic acids is 2. The summed E-state index contributed by atoms with van der Waals surface area (Å²) in [6.07, 6.45) is -0.604. The van der Waals surface area contributed by atoms with Gasteiger partial charge in [0, 0.05) is 7.05 Å². The first kappa shape index (κ1) is 13.7. The Balaban J connectivity index is 4.66. The summed E-state index contributed by atoms with van der Waals surface area (Å²) in [4.78, 5) is 23.7. The van der Waals surface area contributed by atoms with Crippen LogP contribution in [0.2, 0.25) is 0 Å². The minimum atomic E-state index is -1.16. The fourth-order valence-electron chi connectivity index (χ4n) is 0.711. The lowest BCUT2D eigenvalue weighted by Gasteiger charge is -2.33. The molecule has 0 rings (SSSR count). The number of nitrogens with one attached hydrogen (secondary N) is 1. The second-order valence-electron chi connectivity index (χ2n) is 4.93. The van der Waals surface area contributed by atoms with Gasteiger partial charge in [0.15, 0.2) is 0 Å². The van der Waals surface area contributed by atoms with E-state index < -0.39 is 23.1 Å². The van der Waals surface area contributed by atoms with Crippen molar-refractivity contribution in [1.82, 2.24) is 10.6 Å². The molecule has 0 aromatic heterocycles. The standard InChI is InChI=1S/C10H19N2O3/c1-9(2,3)15-8(14)12(6)10(4,5)7(11)13/h11H,1-6H3. The van der Waals surface area contributed by atoms with Crippen LogP contribution in [0.1, 0.15) is 34.6 Å². The molecule has 0 aliphatic carbocycles. The molecule has 0 fully saturated rings. The molecule has 5 nitrogen and oxygen atoms in total. The summed E-state index contributed by atoms with van der Waals surface area (Å²) in [5, 5.41) is 0. The molecule has 0 heterocycles. The molecule has 87 valence electrons. The summed E-state index contributed by atoms with van der Waals surface area (Å²) in [7, 11) is 1.44. The minimum Gasteiger partial charge on any atom is -0.444 e. The number of nitrogens with zero attached hydrogens (tertiary/aromatic N) is 1. The van der Waals surface area contributed by atoms with E-state index >= 15 is 0 Å². The number of hydrogen-bond acceptors (Lipinski definition) is 3. The van der Waals surface area contributed by atoms with Gasteiger partial charge in [-0.15, -0.1) is 0 Å². The Labute approximate surface area is 90.6 Å². The molecule has 0 aliphatic heterocycles. The Hall–Kier alpha value is -1.26. The molecule has 0 aromatic carbocycles. The zero-order chi connectivity index (χ0) is 12.4. The van der Waals surface area contributed by atoms with E-state index in [0.717, 1.165) is 4.90 Å². The van der Waals surface area contributed by atoms with Gasteiger partial charge in [-0.05, 0) is 34.6 Å². The number of carbonyl (C=O) groups is 2. The van der Waals surface area contributed by atoms with Crippen molar-refractivity contribution in [2.24, 2.45) is 0 Å². The van der Waals surface area contributed by atoms with Crippen LogP contribution in [0.15, 0.2) is 0 Å². The Kier molecular flexibility index (Phi) is 3.74. The third-order valence-corrected chi connectivity index (χ3v) is 2.06. The Morgan fingerprint density at radius 2 is 1.53 bits per heavy atom. The molecular formula is C10H19N2O3. The number of amides is 2. The van der Waals surface area contributed by atoms with Gasteiger partial charge in [-0.1, -0.05) is 0 Å². The van der Waals surface area contributed by atoms with Crippen molar-refractivity contribution >= 4 is 12.0 Å². The third-order valence-electron chi connectivity index (χ3n) is 2.06. The summed E-state index contributed by atoms with van der Waals surface area (Å²) >= 11 is 0. The topological polar surface area (TPSA) is 70.4 Å². The maximum atomic E-state index is 11.6. The molecule has 5 heteroatoms. The van der Waals surface area contributed by atoms with Crippen molar-refractivity contribution in [3.8, 4) is 0 Å². The van der Waals surface area contributed by atoms with Crippen molar-refractivity contribution < 1.29 is 14.3 Å². The van der Waals surface area contributed by atoms with E-state index in [1.807, 2.05) is 0 Å². The van der Waals surface area contributed by atoms with Crippen LogP contribution in [0.4, 0.5) is 4.79 Å². The normalized spacial score (nSPS) is 12.1. The molecule has 0 aliphatic rings. The van der Waals surface area contributed by atoms with Crippen LogP contribution in [0, 0.1) is 0 Å². The average Bonchev–Trinajstić information content (AvgIpc) is 1.99. The summed E-state index contributed by atoms with van der Waals surface area (Å²) in [5.41, 5.74) is 5.28. The average molecular weight is 215 g/mol. The van der Waals surface area contributed by atoms with Crippen LogP contribution in [0.3, 0.4) is 0 Å². The van der Waals surface area contributed by atoms with Gasteiger partial charge in [0.25, 0.3) is 5.91 Å².